The Labute approximate surface area is 129 Å². The highest BCUT2D eigenvalue weighted by Gasteiger charge is 2.22. The Hall–Kier alpha value is -2.01. The van der Waals surface area contributed by atoms with Crippen LogP contribution >= 0.6 is 15.9 Å². The lowest BCUT2D eigenvalue weighted by atomic mass is 10.0. The van der Waals surface area contributed by atoms with E-state index in [1.807, 2.05) is 6.07 Å². The van der Waals surface area contributed by atoms with Crippen molar-refractivity contribution in [1.82, 2.24) is 4.98 Å². The SMILES string of the molecule is [2H]C([2H])([2H])N1C(=O)CN=C(c2ccccn2)c2cc(Br)ccc21. The number of carbonyl (C=O) groups is 1. The lowest BCUT2D eigenvalue weighted by Gasteiger charge is -2.17. The number of pyridine rings is 1. The fourth-order valence-electron chi connectivity index (χ4n) is 2.05. The molecule has 0 atom stereocenters. The van der Waals surface area contributed by atoms with Gasteiger partial charge in [-0.3, -0.25) is 14.8 Å². The molecular formula is C15H12BrN3O. The zero-order valence-electron chi connectivity index (χ0n) is 13.4. The number of hydrogen-bond acceptors (Lipinski definition) is 3. The van der Waals surface area contributed by atoms with Crippen LogP contribution < -0.4 is 4.90 Å². The summed E-state index contributed by atoms with van der Waals surface area (Å²) in [6.45, 7) is -2.81. The molecule has 4 nitrogen and oxygen atoms in total. The van der Waals surface area contributed by atoms with Gasteiger partial charge >= 0.3 is 0 Å². The van der Waals surface area contributed by atoms with Crippen LogP contribution in [0.3, 0.4) is 0 Å². The number of anilines is 1. The maximum absolute atomic E-state index is 12.3. The molecule has 0 unspecified atom stereocenters. The molecule has 3 rings (SSSR count). The number of fused-ring (bicyclic) bond motifs is 1. The van der Waals surface area contributed by atoms with Crippen LogP contribution in [0, 0.1) is 0 Å². The number of amides is 1. The van der Waals surface area contributed by atoms with Gasteiger partial charge in [0, 0.05) is 27.3 Å². The molecule has 100 valence electrons. The minimum atomic E-state index is -2.57. The summed E-state index contributed by atoms with van der Waals surface area (Å²) >= 11 is 3.38. The zero-order valence-corrected chi connectivity index (χ0v) is 12.0. The molecule has 0 aliphatic carbocycles. The molecule has 20 heavy (non-hydrogen) atoms. The second-order valence-corrected chi connectivity index (χ2v) is 5.19. The van der Waals surface area contributed by atoms with Gasteiger partial charge in [0.1, 0.15) is 6.54 Å². The third-order valence-electron chi connectivity index (χ3n) is 2.98. The number of aromatic nitrogens is 1. The monoisotopic (exact) mass is 332 g/mol. The lowest BCUT2D eigenvalue weighted by Crippen LogP contribution is -2.27. The van der Waals surface area contributed by atoms with Gasteiger partial charge in [-0.05, 0) is 30.3 Å². The molecule has 0 spiro atoms. The van der Waals surface area contributed by atoms with Crippen molar-refractivity contribution < 1.29 is 8.91 Å². The van der Waals surface area contributed by atoms with E-state index < -0.39 is 12.9 Å². The van der Waals surface area contributed by atoms with Gasteiger partial charge in [-0.15, -0.1) is 0 Å². The number of halogens is 1. The number of nitrogens with zero attached hydrogens (tertiary/aromatic N) is 3. The van der Waals surface area contributed by atoms with Crippen LogP contribution in [-0.4, -0.2) is 30.1 Å². The van der Waals surface area contributed by atoms with Crippen LogP contribution in [-0.2, 0) is 4.79 Å². The van der Waals surface area contributed by atoms with E-state index in [0.29, 0.717) is 22.7 Å². The van der Waals surface area contributed by atoms with Gasteiger partial charge in [0.2, 0.25) is 5.91 Å². The highest BCUT2D eigenvalue weighted by atomic mass is 79.9. The van der Waals surface area contributed by atoms with Crippen molar-refractivity contribution in [2.75, 3.05) is 18.4 Å². The fraction of sp³-hybridized carbons (Fsp3) is 0.133. The van der Waals surface area contributed by atoms with E-state index in [9.17, 15) is 4.79 Å². The molecule has 0 bridgehead atoms. The maximum atomic E-state index is 12.3. The van der Waals surface area contributed by atoms with E-state index in [1.54, 1.807) is 36.5 Å². The number of rotatable bonds is 1. The summed E-state index contributed by atoms with van der Waals surface area (Å²) in [7, 11) is 0. The Balaban J connectivity index is 2.25. The van der Waals surface area contributed by atoms with Crippen molar-refractivity contribution >= 4 is 33.2 Å². The second-order valence-electron chi connectivity index (χ2n) is 4.27. The normalized spacial score (nSPS) is 17.4. The summed E-state index contributed by atoms with van der Waals surface area (Å²) < 4.78 is 23.8. The quantitative estimate of drug-likeness (QED) is 0.805. The van der Waals surface area contributed by atoms with Crippen LogP contribution in [0.5, 0.6) is 0 Å². The number of hydrogen-bond donors (Lipinski definition) is 0. The predicted octanol–water partition coefficient (Wildman–Crippen LogP) is 2.66. The van der Waals surface area contributed by atoms with Crippen molar-refractivity contribution in [2.45, 2.75) is 0 Å². The number of likely N-dealkylation sites (N-methyl/N-ethyl adjacent to an activating group) is 1. The Morgan fingerprint density at radius 3 is 3.00 bits per heavy atom. The summed E-state index contributed by atoms with van der Waals surface area (Å²) in [6, 6.07) is 10.4. The first-order valence-corrected chi connectivity index (χ1v) is 6.76. The Morgan fingerprint density at radius 1 is 1.35 bits per heavy atom. The van der Waals surface area contributed by atoms with Gasteiger partial charge in [0.15, 0.2) is 0 Å². The molecule has 0 radical (unpaired) electrons. The smallest absolute Gasteiger partial charge is 0.248 e. The highest BCUT2D eigenvalue weighted by molar-refractivity contribution is 9.10. The predicted molar refractivity (Wildman–Crippen MR) is 82.3 cm³/mol. The molecule has 0 N–H and O–H groups in total. The molecule has 0 saturated carbocycles. The van der Waals surface area contributed by atoms with Crippen LogP contribution in [0.25, 0.3) is 0 Å². The average molecular weight is 333 g/mol. The van der Waals surface area contributed by atoms with Crippen LogP contribution in [0.4, 0.5) is 5.69 Å². The first kappa shape index (κ1) is 9.83. The van der Waals surface area contributed by atoms with E-state index in [-0.39, 0.29) is 6.54 Å². The first-order chi connectivity index (χ1) is 10.9. The van der Waals surface area contributed by atoms with E-state index in [4.69, 9.17) is 4.11 Å². The van der Waals surface area contributed by atoms with Crippen LogP contribution in [0.1, 0.15) is 15.4 Å². The largest absolute Gasteiger partial charge is 0.313 e. The van der Waals surface area contributed by atoms with Gasteiger partial charge in [0.05, 0.1) is 17.1 Å². The summed E-state index contributed by atoms with van der Waals surface area (Å²) in [5.41, 5.74) is 1.95. The number of aliphatic imine (C=N–C) groups is 1. The molecule has 0 fully saturated rings. The number of carbonyl (C=O) groups excluding carboxylic acids is 1. The number of benzodiazepines with no additional fused rings is 1. The lowest BCUT2D eigenvalue weighted by molar-refractivity contribution is -0.116. The average Bonchev–Trinajstić information content (AvgIpc) is 2.63. The van der Waals surface area contributed by atoms with Gasteiger partial charge in [0.25, 0.3) is 0 Å². The summed E-state index contributed by atoms with van der Waals surface area (Å²) in [5, 5.41) is 0. The van der Waals surface area contributed by atoms with Crippen LogP contribution in [0.2, 0.25) is 0 Å². The minimum absolute atomic E-state index is 0.239. The molecule has 2 heterocycles. The molecule has 1 aromatic heterocycles. The van der Waals surface area contributed by atoms with Gasteiger partial charge in [-0.1, -0.05) is 22.0 Å². The fourth-order valence-corrected chi connectivity index (χ4v) is 2.41. The molecule has 1 aliphatic rings. The third kappa shape index (κ3) is 2.25. The molecule has 2 aromatic rings. The Kier molecular flexibility index (Phi) is 2.54. The van der Waals surface area contributed by atoms with Gasteiger partial charge < -0.3 is 4.90 Å². The molecule has 5 heteroatoms. The van der Waals surface area contributed by atoms with E-state index in [2.05, 4.69) is 25.9 Å². The molecule has 1 aromatic carbocycles. The molecule has 0 saturated heterocycles. The first-order valence-electron chi connectivity index (χ1n) is 7.47. The molecule has 1 amide bonds. The van der Waals surface area contributed by atoms with Crippen molar-refractivity contribution in [1.29, 1.82) is 0 Å². The van der Waals surface area contributed by atoms with Crippen molar-refractivity contribution in [3.8, 4) is 0 Å². The maximum Gasteiger partial charge on any atom is 0.248 e. The third-order valence-corrected chi connectivity index (χ3v) is 3.48. The van der Waals surface area contributed by atoms with Crippen molar-refractivity contribution in [3.05, 3.63) is 58.3 Å². The highest BCUT2D eigenvalue weighted by Crippen LogP contribution is 2.28. The topological polar surface area (TPSA) is 45.6 Å². The summed E-state index contributed by atoms with van der Waals surface area (Å²) in [5.74, 6) is -0.570. The van der Waals surface area contributed by atoms with Crippen LogP contribution in [0.15, 0.2) is 52.1 Å². The summed E-state index contributed by atoms with van der Waals surface area (Å²) in [4.78, 5) is 21.7. The second kappa shape index (κ2) is 5.17. The summed E-state index contributed by atoms with van der Waals surface area (Å²) in [6.07, 6.45) is 1.63. The Morgan fingerprint density at radius 2 is 2.25 bits per heavy atom. The van der Waals surface area contributed by atoms with Gasteiger partial charge in [-0.2, -0.15) is 0 Å². The zero-order chi connectivity index (χ0) is 16.6. The molecular weight excluding hydrogens is 318 g/mol. The van der Waals surface area contributed by atoms with E-state index in [1.165, 1.54) is 0 Å². The van der Waals surface area contributed by atoms with Crippen molar-refractivity contribution in [3.63, 3.8) is 0 Å². The van der Waals surface area contributed by atoms with Crippen molar-refractivity contribution in [2.24, 2.45) is 4.99 Å². The molecule has 1 aliphatic heterocycles. The minimum Gasteiger partial charge on any atom is -0.313 e. The Bertz CT molecular complexity index is 790. The van der Waals surface area contributed by atoms with E-state index >= 15 is 0 Å². The number of benzene rings is 1. The standard InChI is InChI=1S/C15H12BrN3O/c1-19-13-6-5-10(16)8-11(13)15(18-9-14(19)20)12-4-2-3-7-17-12/h2-8H,9H2,1H3/i1D3. The van der Waals surface area contributed by atoms with Gasteiger partial charge in [-0.25, -0.2) is 0 Å². The van der Waals surface area contributed by atoms with E-state index in [0.717, 1.165) is 9.37 Å².